The number of hydrogen-bond donors (Lipinski definition) is 1. The van der Waals surface area contributed by atoms with Gasteiger partial charge in [0.2, 0.25) is 10.0 Å². The van der Waals surface area contributed by atoms with Gasteiger partial charge in [-0.3, -0.25) is 0 Å². The van der Waals surface area contributed by atoms with Crippen LogP contribution in [0.25, 0.3) is 0 Å². The van der Waals surface area contributed by atoms with Gasteiger partial charge in [0, 0.05) is 0 Å². The van der Waals surface area contributed by atoms with E-state index >= 15 is 0 Å². The third kappa shape index (κ3) is 4.82. The monoisotopic (exact) mass is 175 g/mol. The average molecular weight is 175 g/mol. The summed E-state index contributed by atoms with van der Waals surface area (Å²) in [6, 6.07) is -0.398. The van der Waals surface area contributed by atoms with Crippen LogP contribution >= 0.6 is 0 Å². The van der Waals surface area contributed by atoms with E-state index in [9.17, 15) is 8.42 Å². The van der Waals surface area contributed by atoms with Crippen LogP contribution in [-0.4, -0.2) is 20.7 Å². The van der Waals surface area contributed by atoms with Crippen molar-refractivity contribution in [2.45, 2.75) is 19.9 Å². The van der Waals surface area contributed by atoms with Crippen molar-refractivity contribution in [2.75, 3.05) is 6.26 Å². The summed E-state index contributed by atoms with van der Waals surface area (Å²) >= 11 is 0. The van der Waals surface area contributed by atoms with Crippen LogP contribution in [0, 0.1) is 18.3 Å². The topological polar surface area (TPSA) is 46.2 Å². The van der Waals surface area contributed by atoms with E-state index in [1.54, 1.807) is 0 Å². The highest BCUT2D eigenvalue weighted by atomic mass is 32.2. The third-order valence-corrected chi connectivity index (χ3v) is 1.87. The quantitative estimate of drug-likeness (QED) is 0.622. The molecule has 1 atom stereocenters. The van der Waals surface area contributed by atoms with Crippen molar-refractivity contribution in [1.29, 1.82) is 0 Å². The molecule has 0 aromatic rings. The second-order valence-corrected chi connectivity index (χ2v) is 4.56. The predicted octanol–water partition coefficient (Wildman–Crippen LogP) is 0.193. The fourth-order valence-electron chi connectivity index (χ4n) is 0.593. The van der Waals surface area contributed by atoms with Gasteiger partial charge in [-0.2, -0.15) is 0 Å². The molecule has 0 rings (SSSR count). The zero-order chi connectivity index (χ0) is 9.07. The molecule has 0 saturated heterocycles. The Morgan fingerprint density at radius 2 is 1.91 bits per heavy atom. The summed E-state index contributed by atoms with van der Waals surface area (Å²) in [4.78, 5) is 0. The number of rotatable bonds is 3. The molecule has 0 aromatic heterocycles. The van der Waals surface area contributed by atoms with E-state index < -0.39 is 16.1 Å². The Kier molecular flexibility index (Phi) is 3.56. The van der Waals surface area contributed by atoms with Crippen molar-refractivity contribution in [2.24, 2.45) is 5.92 Å². The maximum atomic E-state index is 10.7. The Balaban J connectivity index is 4.26. The van der Waals surface area contributed by atoms with Gasteiger partial charge in [0.05, 0.1) is 12.3 Å². The summed E-state index contributed by atoms with van der Waals surface area (Å²) in [5.41, 5.74) is 0. The Labute approximate surface area is 68.2 Å². The lowest BCUT2D eigenvalue weighted by atomic mass is 10.1. The molecule has 3 nitrogen and oxygen atoms in total. The zero-order valence-corrected chi connectivity index (χ0v) is 7.77. The van der Waals surface area contributed by atoms with Gasteiger partial charge in [-0.05, 0) is 5.92 Å². The molecule has 0 aliphatic rings. The maximum absolute atomic E-state index is 10.7. The highest BCUT2D eigenvalue weighted by Crippen LogP contribution is 2.00. The summed E-state index contributed by atoms with van der Waals surface area (Å²) in [5.74, 6) is 2.49. The van der Waals surface area contributed by atoms with Crippen molar-refractivity contribution in [1.82, 2.24) is 4.72 Å². The lowest BCUT2D eigenvalue weighted by Gasteiger charge is -2.14. The van der Waals surface area contributed by atoms with Crippen molar-refractivity contribution in [3.05, 3.63) is 0 Å². The number of hydrogen-bond acceptors (Lipinski definition) is 2. The summed E-state index contributed by atoms with van der Waals surface area (Å²) < 4.78 is 23.7. The molecular formula is C7H13NO2S. The van der Waals surface area contributed by atoms with E-state index in [-0.39, 0.29) is 5.92 Å². The van der Waals surface area contributed by atoms with Gasteiger partial charge in [-0.1, -0.05) is 19.8 Å². The average Bonchev–Trinajstić information content (AvgIpc) is 1.80. The second kappa shape index (κ2) is 3.74. The first kappa shape index (κ1) is 10.5. The first-order valence-corrected chi connectivity index (χ1v) is 5.19. The Morgan fingerprint density at radius 1 is 1.45 bits per heavy atom. The van der Waals surface area contributed by atoms with Gasteiger partial charge < -0.3 is 0 Å². The summed E-state index contributed by atoms with van der Waals surface area (Å²) in [7, 11) is -3.17. The van der Waals surface area contributed by atoms with Gasteiger partial charge in [0.1, 0.15) is 0 Å². The van der Waals surface area contributed by atoms with Gasteiger partial charge in [0.25, 0.3) is 0 Å². The standard InChI is InChI=1S/C7H13NO2S/c1-5-7(6(2)3)8-11(4,9)10/h1,6-8H,2-4H3. The van der Waals surface area contributed by atoms with Crippen LogP contribution in [0.15, 0.2) is 0 Å². The van der Waals surface area contributed by atoms with Gasteiger partial charge >= 0.3 is 0 Å². The SMILES string of the molecule is C#CC(NS(C)(=O)=O)C(C)C. The molecule has 0 aliphatic heterocycles. The smallest absolute Gasteiger partial charge is 0.209 e. The number of nitrogens with one attached hydrogen (secondary N) is 1. The van der Waals surface area contributed by atoms with Gasteiger partial charge in [0.15, 0.2) is 0 Å². The minimum atomic E-state index is -3.17. The summed E-state index contributed by atoms with van der Waals surface area (Å²) in [5, 5.41) is 0. The van der Waals surface area contributed by atoms with Crippen LogP contribution in [0.3, 0.4) is 0 Å². The van der Waals surface area contributed by atoms with Crippen molar-refractivity contribution in [3.8, 4) is 12.3 Å². The Hall–Kier alpha value is -0.530. The first-order valence-electron chi connectivity index (χ1n) is 3.30. The highest BCUT2D eigenvalue weighted by molar-refractivity contribution is 7.88. The first-order chi connectivity index (χ1) is 4.87. The fourth-order valence-corrected chi connectivity index (χ4v) is 1.39. The van der Waals surface area contributed by atoms with E-state index in [1.165, 1.54) is 0 Å². The van der Waals surface area contributed by atoms with Crippen LogP contribution in [0.1, 0.15) is 13.8 Å². The fraction of sp³-hybridized carbons (Fsp3) is 0.714. The van der Waals surface area contributed by atoms with Crippen LogP contribution in [-0.2, 0) is 10.0 Å². The van der Waals surface area contributed by atoms with Crippen LogP contribution in [0.4, 0.5) is 0 Å². The van der Waals surface area contributed by atoms with Gasteiger partial charge in [-0.25, -0.2) is 13.1 Å². The predicted molar refractivity (Wildman–Crippen MR) is 45.4 cm³/mol. The van der Waals surface area contributed by atoms with E-state index in [1.807, 2.05) is 13.8 Å². The molecule has 0 radical (unpaired) electrons. The Morgan fingerprint density at radius 3 is 2.00 bits per heavy atom. The molecule has 0 amide bonds. The third-order valence-electron chi connectivity index (χ3n) is 1.19. The molecule has 0 fully saturated rings. The van der Waals surface area contributed by atoms with Crippen molar-refractivity contribution < 1.29 is 8.42 Å². The lowest BCUT2D eigenvalue weighted by Crippen LogP contribution is -2.36. The van der Waals surface area contributed by atoms with Crippen LogP contribution in [0.2, 0.25) is 0 Å². The maximum Gasteiger partial charge on any atom is 0.209 e. The van der Waals surface area contributed by atoms with E-state index in [0.717, 1.165) is 6.26 Å². The molecule has 11 heavy (non-hydrogen) atoms. The largest absolute Gasteiger partial charge is 0.213 e. The molecule has 0 spiro atoms. The second-order valence-electron chi connectivity index (χ2n) is 2.78. The van der Waals surface area contributed by atoms with Crippen molar-refractivity contribution in [3.63, 3.8) is 0 Å². The minimum absolute atomic E-state index is 0.120. The van der Waals surface area contributed by atoms with Crippen molar-refractivity contribution >= 4 is 10.0 Å². The molecule has 0 saturated carbocycles. The molecule has 1 N–H and O–H groups in total. The zero-order valence-electron chi connectivity index (χ0n) is 6.96. The number of terminal acetylenes is 1. The Bertz CT molecular complexity index is 248. The molecule has 0 bridgehead atoms. The lowest BCUT2D eigenvalue weighted by molar-refractivity contribution is 0.522. The minimum Gasteiger partial charge on any atom is -0.213 e. The molecule has 1 unspecified atom stereocenters. The van der Waals surface area contributed by atoms with E-state index in [0.29, 0.717) is 0 Å². The normalized spacial score (nSPS) is 14.5. The summed E-state index contributed by atoms with van der Waals surface area (Å²) in [6.45, 7) is 3.73. The van der Waals surface area contributed by atoms with Gasteiger partial charge in [-0.15, -0.1) is 6.42 Å². The van der Waals surface area contributed by atoms with Crippen LogP contribution < -0.4 is 4.72 Å². The molecule has 0 aromatic carbocycles. The molecule has 0 heterocycles. The summed E-state index contributed by atoms with van der Waals surface area (Å²) in [6.07, 6.45) is 6.20. The number of sulfonamides is 1. The van der Waals surface area contributed by atoms with E-state index in [2.05, 4.69) is 10.6 Å². The van der Waals surface area contributed by atoms with Crippen LogP contribution in [0.5, 0.6) is 0 Å². The van der Waals surface area contributed by atoms with E-state index in [4.69, 9.17) is 6.42 Å². The highest BCUT2D eigenvalue weighted by Gasteiger charge is 2.13. The molecular weight excluding hydrogens is 162 g/mol. The molecule has 64 valence electrons. The molecule has 4 heteroatoms. The molecule has 0 aliphatic carbocycles.